The normalized spacial score (nSPS) is 10.0. The molecule has 2 N–H and O–H groups in total. The molecule has 0 aliphatic heterocycles. The van der Waals surface area contributed by atoms with Gasteiger partial charge in [0, 0.05) is 28.2 Å². The summed E-state index contributed by atoms with van der Waals surface area (Å²) < 4.78 is 5.85. The summed E-state index contributed by atoms with van der Waals surface area (Å²) in [5, 5.41) is 12.3. The first-order valence-corrected chi connectivity index (χ1v) is 8.78. The van der Waals surface area contributed by atoms with E-state index < -0.39 is 0 Å². The summed E-state index contributed by atoms with van der Waals surface area (Å²) in [6.07, 6.45) is 2.13. The summed E-state index contributed by atoms with van der Waals surface area (Å²) in [5.74, 6) is 1.34. The van der Waals surface area contributed by atoms with Crippen molar-refractivity contribution in [2.75, 3.05) is 5.32 Å². The topological polar surface area (TPSA) is 58.0 Å². The number of amidine groups is 1. The molecule has 0 aliphatic carbocycles. The van der Waals surface area contributed by atoms with E-state index in [1.807, 2.05) is 30.3 Å². The Morgan fingerprint density at radius 3 is 2.37 bits per heavy atom. The van der Waals surface area contributed by atoms with Gasteiger partial charge in [-0.25, -0.2) is 4.98 Å². The minimum absolute atomic E-state index is 0. The van der Waals surface area contributed by atoms with Crippen LogP contribution in [0.5, 0.6) is 5.75 Å². The number of rotatable bonds is 6. The monoisotopic (exact) mass is 421 g/mol. The van der Waals surface area contributed by atoms with E-state index in [0.717, 1.165) is 5.56 Å². The molecule has 0 atom stereocenters. The van der Waals surface area contributed by atoms with Gasteiger partial charge in [0.2, 0.25) is 0 Å². The van der Waals surface area contributed by atoms with Crippen LogP contribution in [0.3, 0.4) is 0 Å². The summed E-state index contributed by atoms with van der Waals surface area (Å²) in [6, 6.07) is 18.7. The quantitative estimate of drug-likeness (QED) is 0.377. The van der Waals surface area contributed by atoms with E-state index in [-0.39, 0.29) is 19.0 Å². The van der Waals surface area contributed by atoms with Crippen molar-refractivity contribution in [2.45, 2.75) is 13.0 Å². The molecule has 7 heteroatoms. The van der Waals surface area contributed by atoms with Gasteiger partial charge in [0.15, 0.2) is 11.6 Å². The van der Waals surface area contributed by atoms with Gasteiger partial charge in [0.05, 0.1) is 0 Å². The van der Waals surface area contributed by atoms with Crippen LogP contribution in [0.1, 0.15) is 11.1 Å². The third-order valence-corrected chi connectivity index (χ3v) is 4.41. The maximum atomic E-state index is 8.18. The summed E-state index contributed by atoms with van der Waals surface area (Å²) >= 11 is 12.4. The van der Waals surface area contributed by atoms with Crippen LogP contribution in [0.25, 0.3) is 0 Å². The van der Waals surface area contributed by atoms with Crippen molar-refractivity contribution in [1.82, 2.24) is 4.98 Å². The van der Waals surface area contributed by atoms with Crippen molar-refractivity contribution < 1.29 is 4.74 Å². The minimum atomic E-state index is 0. The van der Waals surface area contributed by atoms with Crippen molar-refractivity contribution in [2.24, 2.45) is 0 Å². The first-order valence-electron chi connectivity index (χ1n) is 8.02. The molecule has 0 saturated carbocycles. The van der Waals surface area contributed by atoms with Crippen molar-refractivity contribution in [3.05, 3.63) is 88.0 Å². The number of halogens is 3. The lowest BCUT2D eigenvalue weighted by molar-refractivity contribution is 0.307. The van der Waals surface area contributed by atoms with Gasteiger partial charge < -0.3 is 10.1 Å². The zero-order chi connectivity index (χ0) is 18.4. The van der Waals surface area contributed by atoms with Gasteiger partial charge in [-0.2, -0.15) is 0 Å². The third-order valence-electron chi connectivity index (χ3n) is 3.70. The Morgan fingerprint density at radius 1 is 0.963 bits per heavy atom. The van der Waals surface area contributed by atoms with Gasteiger partial charge >= 0.3 is 0 Å². The second-order valence-electron chi connectivity index (χ2n) is 5.60. The zero-order valence-corrected chi connectivity index (χ0v) is 16.6. The lowest BCUT2D eigenvalue weighted by Gasteiger charge is -2.14. The summed E-state index contributed by atoms with van der Waals surface area (Å²) in [4.78, 5) is 4.27. The summed E-state index contributed by atoms with van der Waals surface area (Å²) in [6.45, 7) is 0.213. The lowest BCUT2D eigenvalue weighted by Crippen LogP contribution is -2.15. The van der Waals surface area contributed by atoms with Crippen molar-refractivity contribution >= 4 is 47.3 Å². The maximum absolute atomic E-state index is 8.18. The van der Waals surface area contributed by atoms with E-state index >= 15 is 0 Å². The minimum Gasteiger partial charge on any atom is -0.485 e. The molecule has 0 aliphatic rings. The molecule has 0 amide bonds. The first kappa shape index (κ1) is 21.0. The molecule has 0 bridgehead atoms. The van der Waals surface area contributed by atoms with Gasteiger partial charge in [-0.15, -0.1) is 12.4 Å². The number of hydrogen-bond donors (Lipinski definition) is 2. The number of anilines is 1. The van der Waals surface area contributed by atoms with Crippen LogP contribution in [0, 0.1) is 5.41 Å². The molecule has 0 spiro atoms. The Morgan fingerprint density at radius 2 is 1.67 bits per heavy atom. The van der Waals surface area contributed by atoms with Crippen LogP contribution in [0.2, 0.25) is 10.0 Å². The van der Waals surface area contributed by atoms with Crippen molar-refractivity contribution in [3.63, 3.8) is 0 Å². The Balaban J connectivity index is 0.00000261. The molecular formula is C20H18Cl3N3O. The van der Waals surface area contributed by atoms with Crippen LogP contribution in [-0.4, -0.2) is 10.8 Å². The molecule has 4 nitrogen and oxygen atoms in total. The second kappa shape index (κ2) is 10.2. The molecule has 1 aromatic heterocycles. The van der Waals surface area contributed by atoms with E-state index in [1.165, 1.54) is 0 Å². The second-order valence-corrected chi connectivity index (χ2v) is 6.42. The maximum Gasteiger partial charge on any atom is 0.174 e. The fraction of sp³-hybridized carbons (Fsp3) is 0.100. The van der Waals surface area contributed by atoms with Gasteiger partial charge in [-0.1, -0.05) is 59.6 Å². The summed E-state index contributed by atoms with van der Waals surface area (Å²) in [7, 11) is 0. The first-order chi connectivity index (χ1) is 12.6. The Hall–Kier alpha value is -2.27. The average molecular weight is 423 g/mol. The van der Waals surface area contributed by atoms with E-state index in [9.17, 15) is 0 Å². The van der Waals surface area contributed by atoms with E-state index in [4.69, 9.17) is 33.3 Å². The Bertz CT molecular complexity index is 884. The lowest BCUT2D eigenvalue weighted by atomic mass is 10.1. The number of ether oxygens (including phenoxy) is 1. The van der Waals surface area contributed by atoms with Crippen molar-refractivity contribution in [3.8, 4) is 5.75 Å². The molecule has 2 aromatic carbocycles. The molecule has 0 saturated heterocycles. The number of pyridine rings is 1. The fourth-order valence-corrected chi connectivity index (χ4v) is 2.91. The number of benzene rings is 2. The zero-order valence-electron chi connectivity index (χ0n) is 14.3. The van der Waals surface area contributed by atoms with Crippen LogP contribution in [-0.2, 0) is 13.0 Å². The van der Waals surface area contributed by atoms with Gasteiger partial charge in [-0.3, -0.25) is 5.41 Å². The molecule has 3 aromatic rings. The largest absolute Gasteiger partial charge is 0.485 e. The van der Waals surface area contributed by atoms with Crippen LogP contribution in [0.15, 0.2) is 66.9 Å². The SMILES string of the molecule is Cl.N=C(Cc1ccccc1)Nc1ncccc1OCc1c(Cl)cccc1Cl. The predicted octanol–water partition coefficient (Wildman–Crippen LogP) is 6.02. The van der Waals surface area contributed by atoms with Crippen LogP contribution >= 0.6 is 35.6 Å². The van der Waals surface area contributed by atoms with Crippen molar-refractivity contribution in [1.29, 1.82) is 5.41 Å². The van der Waals surface area contributed by atoms with E-state index in [2.05, 4.69) is 10.3 Å². The molecule has 0 unspecified atom stereocenters. The molecule has 1 heterocycles. The van der Waals surface area contributed by atoms with Gasteiger partial charge in [0.25, 0.3) is 0 Å². The van der Waals surface area contributed by atoms with Crippen LogP contribution in [0.4, 0.5) is 5.82 Å². The predicted molar refractivity (Wildman–Crippen MR) is 114 cm³/mol. The van der Waals surface area contributed by atoms with Crippen LogP contribution < -0.4 is 10.1 Å². The third kappa shape index (κ3) is 5.86. The fourth-order valence-electron chi connectivity index (χ4n) is 2.41. The number of nitrogens with one attached hydrogen (secondary N) is 2. The standard InChI is InChI=1S/C20H17Cl2N3O.ClH/c21-16-8-4-9-17(22)15(16)13-26-18-10-5-11-24-20(18)25-19(23)12-14-6-2-1-3-7-14;/h1-11H,12-13H2,(H2,23,24,25);1H. The molecule has 140 valence electrons. The highest BCUT2D eigenvalue weighted by molar-refractivity contribution is 6.35. The van der Waals surface area contributed by atoms with Gasteiger partial charge in [-0.05, 0) is 29.8 Å². The Labute approximate surface area is 174 Å². The molecule has 0 fully saturated rings. The highest BCUT2D eigenvalue weighted by Crippen LogP contribution is 2.28. The number of hydrogen-bond acceptors (Lipinski definition) is 3. The molecule has 3 rings (SSSR count). The number of aromatic nitrogens is 1. The summed E-state index contributed by atoms with van der Waals surface area (Å²) in [5.41, 5.74) is 1.76. The molecule has 27 heavy (non-hydrogen) atoms. The number of nitrogens with zero attached hydrogens (tertiary/aromatic N) is 1. The van der Waals surface area contributed by atoms with E-state index in [1.54, 1.807) is 36.5 Å². The highest BCUT2D eigenvalue weighted by Gasteiger charge is 2.10. The average Bonchev–Trinajstić information content (AvgIpc) is 2.63. The molecular weight excluding hydrogens is 405 g/mol. The Kier molecular flexibility index (Phi) is 7.92. The highest BCUT2D eigenvalue weighted by atomic mass is 35.5. The molecule has 0 radical (unpaired) electrons. The smallest absolute Gasteiger partial charge is 0.174 e. The van der Waals surface area contributed by atoms with Gasteiger partial charge in [0.1, 0.15) is 12.4 Å². The van der Waals surface area contributed by atoms with E-state index in [0.29, 0.717) is 39.4 Å².